The highest BCUT2D eigenvalue weighted by molar-refractivity contribution is 7.09. The first-order valence-electron chi connectivity index (χ1n) is 5.92. The Bertz CT molecular complexity index is 516. The molecule has 3 rings (SSSR count). The minimum atomic E-state index is 0.738. The maximum atomic E-state index is 5.25. The summed E-state index contributed by atoms with van der Waals surface area (Å²) in [7, 11) is 1.71. The van der Waals surface area contributed by atoms with Crippen LogP contribution >= 0.6 is 11.3 Å². The van der Waals surface area contributed by atoms with Crippen molar-refractivity contribution in [2.75, 3.05) is 7.11 Å². The zero-order chi connectivity index (χ0) is 11.7. The lowest BCUT2D eigenvalue weighted by molar-refractivity contribution is 0.414. The smallest absolute Gasteiger partial charge is 0.119 e. The maximum Gasteiger partial charge on any atom is 0.119 e. The summed E-state index contributed by atoms with van der Waals surface area (Å²) in [6, 6.07) is 8.29. The summed E-state index contributed by atoms with van der Waals surface area (Å²) in [5.41, 5.74) is 4.61. The highest BCUT2D eigenvalue weighted by Gasteiger charge is 2.28. The van der Waals surface area contributed by atoms with Crippen LogP contribution in [0.15, 0.2) is 29.8 Å². The Balaban J connectivity index is 1.83. The molecule has 0 amide bonds. The van der Waals surface area contributed by atoms with E-state index in [2.05, 4.69) is 17.1 Å². The number of ether oxygens (including phenoxy) is 1. The van der Waals surface area contributed by atoms with Crippen molar-refractivity contribution >= 4 is 11.3 Å². The van der Waals surface area contributed by atoms with Crippen LogP contribution in [0.2, 0.25) is 0 Å². The molecule has 1 fully saturated rings. The highest BCUT2D eigenvalue weighted by atomic mass is 32.1. The van der Waals surface area contributed by atoms with E-state index in [1.807, 2.05) is 17.6 Å². The minimum absolute atomic E-state index is 0.738. The standard InChI is InChI=1S/C14H15NOS/c1-16-12-4-2-3-10(7-12)8-13-14(11-5-6-11)15-9-17-13/h2-4,7,9,11H,5-6,8H2,1H3. The lowest BCUT2D eigenvalue weighted by Gasteiger charge is -2.04. The van der Waals surface area contributed by atoms with Gasteiger partial charge >= 0.3 is 0 Å². The zero-order valence-corrected chi connectivity index (χ0v) is 10.7. The average Bonchev–Trinajstić information content (AvgIpc) is 3.11. The number of methoxy groups -OCH3 is 1. The van der Waals surface area contributed by atoms with E-state index in [-0.39, 0.29) is 0 Å². The number of rotatable bonds is 4. The van der Waals surface area contributed by atoms with Gasteiger partial charge in [-0.2, -0.15) is 0 Å². The second-order valence-corrected chi connectivity index (χ2v) is 5.40. The molecule has 0 bridgehead atoms. The number of hydrogen-bond acceptors (Lipinski definition) is 3. The van der Waals surface area contributed by atoms with Crippen molar-refractivity contribution in [1.82, 2.24) is 4.98 Å². The molecule has 1 heterocycles. The fourth-order valence-electron chi connectivity index (χ4n) is 2.07. The Morgan fingerprint density at radius 1 is 1.41 bits per heavy atom. The van der Waals surface area contributed by atoms with E-state index in [4.69, 9.17) is 4.74 Å². The van der Waals surface area contributed by atoms with E-state index >= 15 is 0 Å². The van der Waals surface area contributed by atoms with Crippen molar-refractivity contribution in [2.24, 2.45) is 0 Å². The maximum absolute atomic E-state index is 5.25. The molecule has 0 unspecified atom stereocenters. The third kappa shape index (κ3) is 2.34. The van der Waals surface area contributed by atoms with Crippen LogP contribution in [-0.4, -0.2) is 12.1 Å². The molecule has 0 atom stereocenters. The van der Waals surface area contributed by atoms with Gasteiger partial charge in [0.2, 0.25) is 0 Å². The topological polar surface area (TPSA) is 22.1 Å². The molecule has 1 aromatic carbocycles. The van der Waals surface area contributed by atoms with Crippen molar-refractivity contribution in [3.05, 3.63) is 45.9 Å². The number of nitrogens with zero attached hydrogens (tertiary/aromatic N) is 1. The Morgan fingerprint density at radius 2 is 2.29 bits per heavy atom. The van der Waals surface area contributed by atoms with Crippen LogP contribution in [0.4, 0.5) is 0 Å². The Kier molecular flexibility index (Phi) is 2.85. The first-order valence-corrected chi connectivity index (χ1v) is 6.80. The van der Waals surface area contributed by atoms with Gasteiger partial charge in [-0.05, 0) is 30.5 Å². The van der Waals surface area contributed by atoms with Crippen LogP contribution < -0.4 is 4.74 Å². The van der Waals surface area contributed by atoms with Crippen molar-refractivity contribution < 1.29 is 4.74 Å². The Morgan fingerprint density at radius 3 is 3.06 bits per heavy atom. The predicted octanol–water partition coefficient (Wildman–Crippen LogP) is 3.62. The molecule has 1 aromatic heterocycles. The van der Waals surface area contributed by atoms with Crippen LogP contribution in [0.5, 0.6) is 5.75 Å². The second kappa shape index (κ2) is 4.49. The molecule has 1 aliphatic carbocycles. The number of hydrogen-bond donors (Lipinski definition) is 0. The van der Waals surface area contributed by atoms with Crippen LogP contribution in [0.3, 0.4) is 0 Å². The van der Waals surface area contributed by atoms with Crippen LogP contribution in [0.1, 0.15) is 34.9 Å². The number of benzene rings is 1. The fourth-order valence-corrected chi connectivity index (χ4v) is 2.95. The van der Waals surface area contributed by atoms with Gasteiger partial charge in [-0.15, -0.1) is 11.3 Å². The van der Waals surface area contributed by atoms with Crippen molar-refractivity contribution in [2.45, 2.75) is 25.2 Å². The zero-order valence-electron chi connectivity index (χ0n) is 9.85. The van der Waals surface area contributed by atoms with Gasteiger partial charge in [0.1, 0.15) is 5.75 Å². The molecule has 17 heavy (non-hydrogen) atoms. The molecular formula is C14H15NOS. The fraction of sp³-hybridized carbons (Fsp3) is 0.357. The largest absolute Gasteiger partial charge is 0.497 e. The van der Waals surface area contributed by atoms with Gasteiger partial charge in [0, 0.05) is 17.2 Å². The summed E-state index contributed by atoms with van der Waals surface area (Å²) < 4.78 is 5.25. The summed E-state index contributed by atoms with van der Waals surface area (Å²) >= 11 is 1.77. The third-order valence-corrected chi connectivity index (χ3v) is 3.98. The molecule has 0 aliphatic heterocycles. The molecule has 1 saturated carbocycles. The first-order chi connectivity index (χ1) is 8.36. The van der Waals surface area contributed by atoms with Gasteiger partial charge in [-0.3, -0.25) is 0 Å². The SMILES string of the molecule is COc1cccc(Cc2scnc2C2CC2)c1. The van der Waals surface area contributed by atoms with E-state index < -0.39 is 0 Å². The minimum Gasteiger partial charge on any atom is -0.497 e. The highest BCUT2D eigenvalue weighted by Crippen LogP contribution is 2.42. The monoisotopic (exact) mass is 245 g/mol. The van der Waals surface area contributed by atoms with Gasteiger partial charge < -0.3 is 4.74 Å². The normalized spacial score (nSPS) is 14.9. The van der Waals surface area contributed by atoms with E-state index in [1.165, 1.54) is 29.0 Å². The van der Waals surface area contributed by atoms with E-state index in [0.29, 0.717) is 0 Å². The van der Waals surface area contributed by atoms with Crippen LogP contribution in [-0.2, 0) is 6.42 Å². The predicted molar refractivity (Wildman–Crippen MR) is 69.9 cm³/mol. The number of aromatic nitrogens is 1. The summed E-state index contributed by atoms with van der Waals surface area (Å²) in [5, 5.41) is 0. The van der Waals surface area contributed by atoms with Gasteiger partial charge in [-0.1, -0.05) is 12.1 Å². The molecule has 0 saturated heterocycles. The molecule has 0 radical (unpaired) electrons. The first kappa shape index (κ1) is 10.8. The van der Waals surface area contributed by atoms with Gasteiger partial charge in [-0.25, -0.2) is 4.98 Å². The van der Waals surface area contributed by atoms with E-state index in [0.717, 1.165) is 18.1 Å². The van der Waals surface area contributed by atoms with E-state index in [1.54, 1.807) is 18.4 Å². The molecule has 0 spiro atoms. The van der Waals surface area contributed by atoms with Crippen molar-refractivity contribution in [3.8, 4) is 5.75 Å². The van der Waals surface area contributed by atoms with E-state index in [9.17, 15) is 0 Å². The molecule has 2 aromatic rings. The molecule has 0 N–H and O–H groups in total. The summed E-state index contributed by atoms with van der Waals surface area (Å²) in [4.78, 5) is 5.92. The Labute approximate surface area is 105 Å². The lowest BCUT2D eigenvalue weighted by Crippen LogP contribution is -1.92. The summed E-state index contributed by atoms with van der Waals surface area (Å²) in [6.07, 6.45) is 3.61. The van der Waals surface area contributed by atoms with Gasteiger partial charge in [0.15, 0.2) is 0 Å². The van der Waals surface area contributed by atoms with Crippen molar-refractivity contribution in [3.63, 3.8) is 0 Å². The second-order valence-electron chi connectivity index (χ2n) is 4.46. The average molecular weight is 245 g/mol. The van der Waals surface area contributed by atoms with Crippen molar-refractivity contribution in [1.29, 1.82) is 0 Å². The summed E-state index contributed by atoms with van der Waals surface area (Å²) in [6.45, 7) is 0. The molecule has 3 heteroatoms. The van der Waals surface area contributed by atoms with Crippen LogP contribution in [0.25, 0.3) is 0 Å². The number of thiazole rings is 1. The molecule has 1 aliphatic rings. The third-order valence-electron chi connectivity index (χ3n) is 3.14. The lowest BCUT2D eigenvalue weighted by atomic mass is 10.1. The Hall–Kier alpha value is -1.35. The van der Waals surface area contributed by atoms with Crippen LogP contribution in [0, 0.1) is 0 Å². The molecule has 88 valence electrons. The van der Waals surface area contributed by atoms with Gasteiger partial charge in [0.25, 0.3) is 0 Å². The molecule has 2 nitrogen and oxygen atoms in total. The quantitative estimate of drug-likeness (QED) is 0.820. The van der Waals surface area contributed by atoms with Gasteiger partial charge in [0.05, 0.1) is 18.3 Å². The molecular weight excluding hydrogens is 230 g/mol. The summed E-state index contributed by atoms with van der Waals surface area (Å²) in [5.74, 6) is 1.67.